The molecule has 5 heteroatoms. The molecule has 0 N–H and O–H groups in total. The highest BCUT2D eigenvalue weighted by atomic mass is 32.2. The Labute approximate surface area is 144 Å². The summed E-state index contributed by atoms with van der Waals surface area (Å²) in [5.74, 6) is 0.788. The molecule has 0 amide bonds. The maximum absolute atomic E-state index is 12.8. The minimum Gasteiger partial charge on any atom is -0.488 e. The molecule has 0 bridgehead atoms. The first-order valence-corrected chi connectivity index (χ1v) is 9.54. The summed E-state index contributed by atoms with van der Waals surface area (Å²) in [7, 11) is -1.91. The van der Waals surface area contributed by atoms with Gasteiger partial charge in [-0.25, -0.2) is 8.42 Å². The fourth-order valence-corrected chi connectivity index (χ4v) is 4.11. The normalized spacial score (nSPS) is 16.5. The number of fused-ring (bicyclic) bond motifs is 1. The third kappa shape index (κ3) is 3.47. The fraction of sp³-hybridized carbons (Fsp3) is 0.368. The van der Waals surface area contributed by atoms with E-state index in [-0.39, 0.29) is 5.60 Å². The molecule has 0 saturated carbocycles. The maximum Gasteiger partial charge on any atom is 0.243 e. The number of ether oxygens (including phenoxy) is 1. The second-order valence-electron chi connectivity index (χ2n) is 6.88. The number of sulfonamides is 1. The smallest absolute Gasteiger partial charge is 0.243 e. The Kier molecular flexibility index (Phi) is 4.40. The number of aryl methyl sites for hydroxylation is 1. The van der Waals surface area contributed by atoms with Crippen molar-refractivity contribution in [1.29, 1.82) is 0 Å². The van der Waals surface area contributed by atoms with Gasteiger partial charge in [0, 0.05) is 13.6 Å². The lowest BCUT2D eigenvalue weighted by Crippen LogP contribution is -2.33. The van der Waals surface area contributed by atoms with E-state index >= 15 is 0 Å². The van der Waals surface area contributed by atoms with Crippen molar-refractivity contribution in [3.63, 3.8) is 0 Å². The fourth-order valence-electron chi connectivity index (χ4n) is 2.90. The molecule has 2 aromatic carbocycles. The molecule has 0 radical (unpaired) electrons. The van der Waals surface area contributed by atoms with E-state index in [0.717, 1.165) is 29.7 Å². The van der Waals surface area contributed by atoms with Crippen LogP contribution in [-0.2, 0) is 23.0 Å². The highest BCUT2D eigenvalue weighted by Gasteiger charge is 2.28. The topological polar surface area (TPSA) is 46.6 Å². The first-order valence-electron chi connectivity index (χ1n) is 8.10. The summed E-state index contributed by atoms with van der Waals surface area (Å²) < 4.78 is 33.0. The Balaban J connectivity index is 1.85. The van der Waals surface area contributed by atoms with E-state index in [1.807, 2.05) is 44.2 Å². The summed E-state index contributed by atoms with van der Waals surface area (Å²) in [6, 6.07) is 14.8. The van der Waals surface area contributed by atoms with E-state index in [9.17, 15) is 8.42 Å². The molecule has 0 fully saturated rings. The van der Waals surface area contributed by atoms with Gasteiger partial charge < -0.3 is 4.74 Å². The van der Waals surface area contributed by atoms with Crippen LogP contribution in [0.5, 0.6) is 5.75 Å². The lowest BCUT2D eigenvalue weighted by molar-refractivity contribution is 0.0845. The van der Waals surface area contributed by atoms with Gasteiger partial charge in [0.15, 0.2) is 0 Å². The first-order chi connectivity index (χ1) is 11.3. The van der Waals surface area contributed by atoms with Gasteiger partial charge in [-0.1, -0.05) is 30.3 Å². The lowest BCUT2D eigenvalue weighted by Gasteiger charge is -2.32. The van der Waals surface area contributed by atoms with Crippen LogP contribution in [0.2, 0.25) is 0 Å². The maximum atomic E-state index is 12.8. The van der Waals surface area contributed by atoms with Crippen molar-refractivity contribution in [1.82, 2.24) is 4.31 Å². The minimum absolute atomic E-state index is 0.197. The standard InChI is InChI=1S/C19H23NO3S/c1-19(2)12-11-16-13-17(9-10-18(16)23-19)24(21,22)20(3)14-15-7-5-4-6-8-15/h4-10,13H,11-12,14H2,1-3H3. The number of benzene rings is 2. The molecule has 0 saturated heterocycles. The number of hydrogen-bond acceptors (Lipinski definition) is 3. The third-order valence-electron chi connectivity index (χ3n) is 4.37. The van der Waals surface area contributed by atoms with Crippen molar-refractivity contribution in [3.05, 3.63) is 59.7 Å². The van der Waals surface area contributed by atoms with Crippen LogP contribution in [0.4, 0.5) is 0 Å². The van der Waals surface area contributed by atoms with Crippen LogP contribution >= 0.6 is 0 Å². The molecule has 4 nitrogen and oxygen atoms in total. The zero-order chi connectivity index (χ0) is 17.4. The number of hydrogen-bond donors (Lipinski definition) is 0. The van der Waals surface area contributed by atoms with Crippen LogP contribution in [0, 0.1) is 0 Å². The quantitative estimate of drug-likeness (QED) is 0.850. The van der Waals surface area contributed by atoms with E-state index in [0.29, 0.717) is 11.4 Å². The minimum atomic E-state index is -3.52. The molecule has 3 rings (SSSR count). The Morgan fingerprint density at radius 3 is 2.54 bits per heavy atom. The van der Waals surface area contributed by atoms with Crippen LogP contribution < -0.4 is 4.74 Å². The van der Waals surface area contributed by atoms with Gasteiger partial charge in [-0.05, 0) is 56.0 Å². The molecule has 24 heavy (non-hydrogen) atoms. The van der Waals surface area contributed by atoms with Gasteiger partial charge in [0.25, 0.3) is 0 Å². The van der Waals surface area contributed by atoms with Crippen molar-refractivity contribution < 1.29 is 13.2 Å². The second-order valence-corrected chi connectivity index (χ2v) is 8.92. The summed E-state index contributed by atoms with van der Waals surface area (Å²) in [5.41, 5.74) is 1.73. The number of nitrogens with zero attached hydrogens (tertiary/aromatic N) is 1. The molecule has 1 aliphatic rings. The van der Waals surface area contributed by atoms with Gasteiger partial charge in [0.05, 0.1) is 4.90 Å². The van der Waals surface area contributed by atoms with E-state index in [2.05, 4.69) is 0 Å². The Morgan fingerprint density at radius 1 is 1.12 bits per heavy atom. The molecule has 1 heterocycles. The highest BCUT2D eigenvalue weighted by Crippen LogP contribution is 2.34. The zero-order valence-electron chi connectivity index (χ0n) is 14.3. The van der Waals surface area contributed by atoms with Crippen molar-refractivity contribution in [2.75, 3.05) is 7.05 Å². The largest absolute Gasteiger partial charge is 0.488 e. The van der Waals surface area contributed by atoms with E-state index < -0.39 is 10.0 Å². The SMILES string of the molecule is CN(Cc1ccccc1)S(=O)(=O)c1ccc2c(c1)CCC(C)(C)O2. The summed E-state index contributed by atoms with van der Waals surface area (Å²) in [4.78, 5) is 0.322. The van der Waals surface area contributed by atoms with Crippen LogP contribution in [0.25, 0.3) is 0 Å². The molecule has 0 atom stereocenters. The summed E-state index contributed by atoms with van der Waals surface area (Å²) >= 11 is 0. The lowest BCUT2D eigenvalue weighted by atomic mass is 9.94. The monoisotopic (exact) mass is 345 g/mol. The van der Waals surface area contributed by atoms with Crippen LogP contribution in [0.1, 0.15) is 31.4 Å². The Bertz CT molecular complexity index is 829. The molecule has 128 valence electrons. The van der Waals surface area contributed by atoms with Crippen molar-refractivity contribution in [2.24, 2.45) is 0 Å². The molecule has 0 spiro atoms. The van der Waals surface area contributed by atoms with E-state index in [1.165, 1.54) is 4.31 Å². The van der Waals surface area contributed by atoms with Crippen LogP contribution in [0.3, 0.4) is 0 Å². The van der Waals surface area contributed by atoms with Crippen LogP contribution in [-0.4, -0.2) is 25.4 Å². The molecule has 0 aliphatic carbocycles. The molecule has 2 aromatic rings. The number of rotatable bonds is 4. The van der Waals surface area contributed by atoms with Gasteiger partial charge in [-0.3, -0.25) is 0 Å². The van der Waals surface area contributed by atoms with Gasteiger partial charge >= 0.3 is 0 Å². The molecule has 1 aliphatic heterocycles. The molecular formula is C19H23NO3S. The summed E-state index contributed by atoms with van der Waals surface area (Å²) in [6.45, 7) is 4.45. The summed E-state index contributed by atoms with van der Waals surface area (Å²) in [5, 5.41) is 0. The van der Waals surface area contributed by atoms with Crippen molar-refractivity contribution in [2.45, 2.75) is 43.7 Å². The van der Waals surface area contributed by atoms with Crippen molar-refractivity contribution in [3.8, 4) is 5.75 Å². The molecule has 0 aromatic heterocycles. The highest BCUT2D eigenvalue weighted by molar-refractivity contribution is 7.89. The van der Waals surface area contributed by atoms with E-state index in [4.69, 9.17) is 4.74 Å². The van der Waals surface area contributed by atoms with Gasteiger partial charge in [0.2, 0.25) is 10.0 Å². The summed E-state index contributed by atoms with van der Waals surface area (Å²) in [6.07, 6.45) is 1.71. The Hall–Kier alpha value is -1.85. The average Bonchev–Trinajstić information content (AvgIpc) is 2.54. The average molecular weight is 345 g/mol. The van der Waals surface area contributed by atoms with Crippen LogP contribution in [0.15, 0.2) is 53.4 Å². The first kappa shape index (κ1) is 17.0. The third-order valence-corrected chi connectivity index (χ3v) is 6.17. The molecular weight excluding hydrogens is 322 g/mol. The predicted molar refractivity (Wildman–Crippen MR) is 94.6 cm³/mol. The van der Waals surface area contributed by atoms with Gasteiger partial charge in [-0.2, -0.15) is 4.31 Å². The Morgan fingerprint density at radius 2 is 1.83 bits per heavy atom. The van der Waals surface area contributed by atoms with E-state index in [1.54, 1.807) is 25.2 Å². The van der Waals surface area contributed by atoms with Gasteiger partial charge in [-0.15, -0.1) is 0 Å². The van der Waals surface area contributed by atoms with Gasteiger partial charge in [0.1, 0.15) is 11.4 Å². The second kappa shape index (κ2) is 6.22. The molecule has 0 unspecified atom stereocenters. The predicted octanol–water partition coefficient (Wildman–Crippen LogP) is 3.61. The zero-order valence-corrected chi connectivity index (χ0v) is 15.1. The van der Waals surface area contributed by atoms with Crippen molar-refractivity contribution >= 4 is 10.0 Å².